The number of hydrogen-bond acceptors (Lipinski definition) is 4. The first-order chi connectivity index (χ1) is 8.56. The van der Waals surface area contributed by atoms with E-state index in [1.807, 2.05) is 0 Å². The molecule has 2 rings (SSSR count). The lowest BCUT2D eigenvalue weighted by atomic mass is 10.0. The van der Waals surface area contributed by atoms with E-state index in [0.717, 1.165) is 13.0 Å². The van der Waals surface area contributed by atoms with Crippen molar-refractivity contribution in [2.45, 2.75) is 25.4 Å². The van der Waals surface area contributed by atoms with Crippen molar-refractivity contribution < 1.29 is 4.74 Å². The predicted molar refractivity (Wildman–Crippen MR) is 72.5 cm³/mol. The molecule has 96 valence electrons. The SMILES string of the molecule is C#CCn1ncc(NC2(C)CCOC2)c(Br)c1=O. The van der Waals surface area contributed by atoms with Crippen LogP contribution in [0.5, 0.6) is 0 Å². The summed E-state index contributed by atoms with van der Waals surface area (Å²) in [5.41, 5.74) is 0.274. The summed E-state index contributed by atoms with van der Waals surface area (Å²) in [6.07, 6.45) is 7.67. The van der Waals surface area contributed by atoms with Crippen molar-refractivity contribution in [2.24, 2.45) is 0 Å². The first-order valence-electron chi connectivity index (χ1n) is 5.61. The van der Waals surface area contributed by atoms with Gasteiger partial charge in [0.1, 0.15) is 11.0 Å². The van der Waals surface area contributed by atoms with Gasteiger partial charge in [-0.2, -0.15) is 5.10 Å². The van der Waals surface area contributed by atoms with Crippen molar-refractivity contribution in [1.82, 2.24) is 9.78 Å². The lowest BCUT2D eigenvalue weighted by Gasteiger charge is -2.25. The summed E-state index contributed by atoms with van der Waals surface area (Å²) in [7, 11) is 0. The normalized spacial score (nSPS) is 22.7. The van der Waals surface area contributed by atoms with Gasteiger partial charge in [-0.1, -0.05) is 5.92 Å². The van der Waals surface area contributed by atoms with Crippen LogP contribution >= 0.6 is 15.9 Å². The van der Waals surface area contributed by atoms with Crippen LogP contribution in [0.2, 0.25) is 0 Å². The number of hydrogen-bond donors (Lipinski definition) is 1. The summed E-state index contributed by atoms with van der Waals surface area (Å²) in [4.78, 5) is 11.9. The largest absolute Gasteiger partial charge is 0.379 e. The van der Waals surface area contributed by atoms with Crippen molar-refractivity contribution in [3.63, 3.8) is 0 Å². The molecule has 1 aromatic heterocycles. The highest BCUT2D eigenvalue weighted by atomic mass is 79.9. The van der Waals surface area contributed by atoms with Gasteiger partial charge in [-0.05, 0) is 29.3 Å². The van der Waals surface area contributed by atoms with Crippen LogP contribution in [0.15, 0.2) is 15.5 Å². The van der Waals surface area contributed by atoms with Crippen LogP contribution in [-0.4, -0.2) is 28.5 Å². The number of rotatable bonds is 3. The van der Waals surface area contributed by atoms with Gasteiger partial charge in [0.05, 0.1) is 24.0 Å². The number of aromatic nitrogens is 2. The zero-order valence-electron chi connectivity index (χ0n) is 10.1. The van der Waals surface area contributed by atoms with Crippen LogP contribution < -0.4 is 10.9 Å². The zero-order valence-corrected chi connectivity index (χ0v) is 11.7. The van der Waals surface area contributed by atoms with E-state index in [4.69, 9.17) is 11.2 Å². The molecule has 6 heteroatoms. The molecule has 1 atom stereocenters. The number of ether oxygens (including phenoxy) is 1. The Hall–Kier alpha value is -1.32. The average molecular weight is 312 g/mol. The molecule has 2 heterocycles. The number of anilines is 1. The Morgan fingerprint density at radius 3 is 3.17 bits per heavy atom. The number of nitrogens with zero attached hydrogens (tertiary/aromatic N) is 2. The second-order valence-electron chi connectivity index (χ2n) is 4.53. The standard InChI is InChI=1S/C12H14BrN3O2/c1-3-5-16-11(17)10(13)9(7-14-16)15-12(2)4-6-18-8-12/h1,7,15H,4-6,8H2,2H3. The van der Waals surface area contributed by atoms with Crippen LogP contribution in [0, 0.1) is 12.3 Å². The van der Waals surface area contributed by atoms with E-state index >= 15 is 0 Å². The highest BCUT2D eigenvalue weighted by Gasteiger charge is 2.30. The summed E-state index contributed by atoms with van der Waals surface area (Å²) in [6, 6.07) is 0. The molecule has 0 amide bonds. The Labute approximate surface area is 114 Å². The monoisotopic (exact) mass is 311 g/mol. The van der Waals surface area contributed by atoms with Crippen molar-refractivity contribution >= 4 is 21.6 Å². The average Bonchev–Trinajstić information content (AvgIpc) is 2.76. The van der Waals surface area contributed by atoms with Crippen LogP contribution in [0.1, 0.15) is 13.3 Å². The second-order valence-corrected chi connectivity index (χ2v) is 5.32. The third kappa shape index (κ3) is 2.57. The Morgan fingerprint density at radius 1 is 1.78 bits per heavy atom. The zero-order chi connectivity index (χ0) is 13.2. The summed E-state index contributed by atoms with van der Waals surface area (Å²) in [5.74, 6) is 2.39. The lowest BCUT2D eigenvalue weighted by Crippen LogP contribution is -2.36. The molecule has 0 aromatic carbocycles. The highest BCUT2D eigenvalue weighted by molar-refractivity contribution is 9.10. The van der Waals surface area contributed by atoms with E-state index in [1.165, 1.54) is 4.68 Å². The van der Waals surface area contributed by atoms with Gasteiger partial charge in [-0.15, -0.1) is 6.42 Å². The molecule has 0 bridgehead atoms. The first-order valence-corrected chi connectivity index (χ1v) is 6.40. The molecule has 1 fully saturated rings. The van der Waals surface area contributed by atoms with Gasteiger partial charge in [0, 0.05) is 6.61 Å². The van der Waals surface area contributed by atoms with Gasteiger partial charge < -0.3 is 10.1 Å². The van der Waals surface area contributed by atoms with Crippen molar-refractivity contribution in [3.05, 3.63) is 21.0 Å². The Balaban J connectivity index is 2.28. The molecule has 1 unspecified atom stereocenters. The topological polar surface area (TPSA) is 56.1 Å². The third-order valence-electron chi connectivity index (χ3n) is 2.88. The first kappa shape index (κ1) is 13.1. The number of nitrogens with one attached hydrogen (secondary N) is 1. The van der Waals surface area contributed by atoms with Crippen LogP contribution in [0.4, 0.5) is 5.69 Å². The maximum absolute atomic E-state index is 11.9. The molecular formula is C12H14BrN3O2. The van der Waals surface area contributed by atoms with E-state index < -0.39 is 0 Å². The van der Waals surface area contributed by atoms with Crippen LogP contribution in [-0.2, 0) is 11.3 Å². The quantitative estimate of drug-likeness (QED) is 0.853. The van der Waals surface area contributed by atoms with Crippen LogP contribution in [0.3, 0.4) is 0 Å². The molecule has 1 aliphatic rings. The maximum Gasteiger partial charge on any atom is 0.284 e. The molecule has 0 saturated carbocycles. The Morgan fingerprint density at radius 2 is 2.56 bits per heavy atom. The molecule has 5 nitrogen and oxygen atoms in total. The molecule has 0 aliphatic carbocycles. The van der Waals surface area contributed by atoms with Gasteiger partial charge >= 0.3 is 0 Å². The summed E-state index contributed by atoms with van der Waals surface area (Å²) >= 11 is 3.29. The van der Waals surface area contributed by atoms with Gasteiger partial charge in [0.15, 0.2) is 0 Å². The Bertz CT molecular complexity index is 541. The summed E-state index contributed by atoms with van der Waals surface area (Å²) < 4.78 is 7.04. The van der Waals surface area contributed by atoms with Crippen molar-refractivity contribution in [2.75, 3.05) is 18.5 Å². The van der Waals surface area contributed by atoms with Gasteiger partial charge in [0.25, 0.3) is 5.56 Å². The van der Waals surface area contributed by atoms with E-state index in [-0.39, 0.29) is 17.6 Å². The van der Waals surface area contributed by atoms with Crippen molar-refractivity contribution in [3.8, 4) is 12.3 Å². The fourth-order valence-corrected chi connectivity index (χ4v) is 2.25. The van der Waals surface area contributed by atoms with E-state index in [0.29, 0.717) is 16.8 Å². The fourth-order valence-electron chi connectivity index (χ4n) is 1.84. The minimum atomic E-state index is -0.236. The second kappa shape index (κ2) is 5.12. The third-order valence-corrected chi connectivity index (χ3v) is 3.65. The molecule has 1 aliphatic heterocycles. The van der Waals surface area contributed by atoms with E-state index in [2.05, 4.69) is 39.2 Å². The molecule has 18 heavy (non-hydrogen) atoms. The van der Waals surface area contributed by atoms with Gasteiger partial charge in [-0.25, -0.2) is 4.68 Å². The Kier molecular flexibility index (Phi) is 3.73. The predicted octanol–water partition coefficient (Wildman–Crippen LogP) is 1.23. The van der Waals surface area contributed by atoms with E-state index in [9.17, 15) is 4.79 Å². The lowest BCUT2D eigenvalue weighted by molar-refractivity contribution is 0.185. The molecule has 0 radical (unpaired) electrons. The fraction of sp³-hybridized carbons (Fsp3) is 0.500. The van der Waals surface area contributed by atoms with Gasteiger partial charge in [-0.3, -0.25) is 4.79 Å². The molecule has 1 N–H and O–H groups in total. The minimum absolute atomic E-state index is 0.158. The smallest absolute Gasteiger partial charge is 0.284 e. The minimum Gasteiger partial charge on any atom is -0.379 e. The maximum atomic E-state index is 11.9. The van der Waals surface area contributed by atoms with Gasteiger partial charge in [0.2, 0.25) is 0 Å². The number of halogens is 1. The molecule has 1 saturated heterocycles. The van der Waals surface area contributed by atoms with E-state index in [1.54, 1.807) is 6.20 Å². The highest BCUT2D eigenvalue weighted by Crippen LogP contribution is 2.26. The van der Waals surface area contributed by atoms with Crippen molar-refractivity contribution in [1.29, 1.82) is 0 Å². The molecule has 1 aromatic rings. The number of terminal acetylenes is 1. The summed E-state index contributed by atoms with van der Waals surface area (Å²) in [6.45, 7) is 3.56. The molecule has 0 spiro atoms. The van der Waals surface area contributed by atoms with Crippen LogP contribution in [0.25, 0.3) is 0 Å². The molecular weight excluding hydrogens is 298 g/mol. The summed E-state index contributed by atoms with van der Waals surface area (Å²) in [5, 5.41) is 7.33.